The van der Waals surface area contributed by atoms with Crippen molar-refractivity contribution in [2.45, 2.75) is 127 Å². The number of hydrogen-bond acceptors (Lipinski definition) is 21. The topological polar surface area (TPSA) is 265 Å². The molecule has 580 valence electrons. The fourth-order valence-electron chi connectivity index (χ4n) is 13.9. The fraction of sp³-hybridized carbons (Fsp3) is 0.488. The Hall–Kier alpha value is -10.3. The summed E-state index contributed by atoms with van der Waals surface area (Å²) in [4.78, 5) is 91.4. The minimum absolute atomic E-state index is 0.197. The Balaban J connectivity index is 0.906. The van der Waals surface area contributed by atoms with Gasteiger partial charge in [-0.05, 0) is 197 Å². The molecule has 6 aromatic rings. The maximum Gasteiger partial charge on any atom is 0.329 e. The lowest BCUT2D eigenvalue weighted by molar-refractivity contribution is -0.162. The van der Waals surface area contributed by atoms with Gasteiger partial charge in [-0.25, -0.2) is 9.59 Å². The Morgan fingerprint density at radius 3 is 1.15 bits per heavy atom. The molecule has 0 bridgehead atoms. The average molecular weight is 1480 g/mol. The fourth-order valence-corrected chi connectivity index (χ4v) is 13.9. The molecule has 4 amide bonds. The van der Waals surface area contributed by atoms with Crippen molar-refractivity contribution in [1.29, 1.82) is 0 Å². The molecular formula is C82H107N5O20. The summed E-state index contributed by atoms with van der Waals surface area (Å²) >= 11 is 0. The van der Waals surface area contributed by atoms with Gasteiger partial charge in [0, 0.05) is 38.6 Å². The molecule has 2 saturated heterocycles. The van der Waals surface area contributed by atoms with Crippen LogP contribution in [0.3, 0.4) is 0 Å². The molecule has 107 heavy (non-hydrogen) atoms. The molecule has 2 heterocycles. The number of likely N-dealkylation sites (tertiary alicyclic amines) is 2. The van der Waals surface area contributed by atoms with E-state index in [4.69, 9.17) is 66.3 Å². The van der Waals surface area contributed by atoms with Crippen LogP contribution >= 0.6 is 0 Å². The number of benzene rings is 6. The van der Waals surface area contributed by atoms with Crippen molar-refractivity contribution in [3.05, 3.63) is 143 Å². The number of esters is 2. The summed E-state index contributed by atoms with van der Waals surface area (Å²) in [6.07, 6.45) is 4.57. The minimum atomic E-state index is -0.860. The predicted molar refractivity (Wildman–Crippen MR) is 402 cm³/mol. The molecular weight excluding hydrogens is 1370 g/mol. The summed E-state index contributed by atoms with van der Waals surface area (Å²) in [7, 11) is 19.2. The molecule has 2 fully saturated rings. The number of hydrogen-bond donors (Lipinski definition) is 2. The number of nitrogens with zero attached hydrogens (tertiary/aromatic N) is 3. The molecule has 2 N–H and O–H groups in total. The third-order valence-corrected chi connectivity index (χ3v) is 19.5. The van der Waals surface area contributed by atoms with Crippen molar-refractivity contribution >= 4 is 35.6 Å². The monoisotopic (exact) mass is 1480 g/mol. The number of nitrogens with one attached hydrogen (secondary N) is 2. The highest BCUT2D eigenvalue weighted by atomic mass is 16.6. The molecule has 2 aliphatic heterocycles. The zero-order chi connectivity index (χ0) is 77.1. The first-order valence-electron chi connectivity index (χ1n) is 36.5. The smallest absolute Gasteiger partial charge is 0.329 e. The normalized spacial score (nSPS) is 15.6. The van der Waals surface area contributed by atoms with E-state index in [1.165, 1.54) is 42.7 Å². The molecule has 0 aliphatic carbocycles. The van der Waals surface area contributed by atoms with Crippen LogP contribution in [0, 0.1) is 5.92 Å². The van der Waals surface area contributed by atoms with E-state index in [9.17, 15) is 28.8 Å². The van der Waals surface area contributed by atoms with Gasteiger partial charge >= 0.3 is 11.9 Å². The first-order chi connectivity index (χ1) is 51.8. The van der Waals surface area contributed by atoms with Crippen LogP contribution in [-0.4, -0.2) is 193 Å². The van der Waals surface area contributed by atoms with E-state index in [0.717, 1.165) is 24.0 Å². The van der Waals surface area contributed by atoms with Crippen LogP contribution in [0.1, 0.15) is 135 Å². The van der Waals surface area contributed by atoms with E-state index in [1.807, 2.05) is 81.4 Å². The second-order valence-corrected chi connectivity index (χ2v) is 26.7. The van der Waals surface area contributed by atoms with Crippen molar-refractivity contribution < 1.29 is 95.1 Å². The maximum atomic E-state index is 14.7. The molecule has 2 unspecified atom stereocenters. The first-order valence-corrected chi connectivity index (χ1v) is 36.5. The van der Waals surface area contributed by atoms with Gasteiger partial charge in [-0.1, -0.05) is 50.2 Å². The summed E-state index contributed by atoms with van der Waals surface area (Å²) in [5, 5.41) is 5.94. The predicted octanol–water partition coefficient (Wildman–Crippen LogP) is 11.2. The average Bonchev–Trinajstić information content (AvgIpc) is 0.795. The number of piperidine rings is 2. The highest BCUT2D eigenvalue weighted by molar-refractivity contribution is 5.90. The van der Waals surface area contributed by atoms with Gasteiger partial charge in [0.1, 0.15) is 35.8 Å². The number of ether oxygens (including phenoxy) is 14. The second kappa shape index (κ2) is 41.0. The van der Waals surface area contributed by atoms with Crippen LogP contribution in [0.2, 0.25) is 0 Å². The van der Waals surface area contributed by atoms with Gasteiger partial charge in [0.25, 0.3) is 11.8 Å². The molecule has 0 saturated carbocycles. The summed E-state index contributed by atoms with van der Waals surface area (Å²) in [5.74, 6) is 1.63. The SMILES string of the molecule is CC[C@H](C(=O)N1CCCCC1C(=O)O[C@H](CCc1ccc(OC)c(OC)c1)c1cccc(OCC(=O)NCC(CNC(=O)COc2cccc([C@@H](CCc3ccc(OC)c(OC)c3)OC(=O)C3CCCCN3C(=O)[C@@H](CC)c3cc(OC)c(OC)c(OC)c3)c2)CN(C)C)c1)c1cc(OC)c(OC)c(OC)c1. The number of methoxy groups -OCH3 is 10. The van der Waals surface area contributed by atoms with E-state index in [1.54, 1.807) is 98.9 Å². The van der Waals surface area contributed by atoms with E-state index in [-0.39, 0.29) is 44.0 Å². The molecule has 25 nitrogen and oxygen atoms in total. The Kier molecular flexibility index (Phi) is 31.5. The van der Waals surface area contributed by atoms with Gasteiger partial charge < -0.3 is 91.6 Å². The molecule has 0 aromatic heterocycles. The van der Waals surface area contributed by atoms with Gasteiger partial charge in [-0.3, -0.25) is 19.2 Å². The Labute approximate surface area is 628 Å². The van der Waals surface area contributed by atoms with Gasteiger partial charge in [0.2, 0.25) is 23.3 Å². The van der Waals surface area contributed by atoms with Gasteiger partial charge in [0.05, 0.1) is 82.9 Å². The largest absolute Gasteiger partial charge is 0.493 e. The lowest BCUT2D eigenvalue weighted by Gasteiger charge is -2.37. The second-order valence-electron chi connectivity index (χ2n) is 26.7. The first kappa shape index (κ1) is 82.4. The van der Waals surface area contributed by atoms with Crippen molar-refractivity contribution in [2.24, 2.45) is 5.92 Å². The highest BCUT2D eigenvalue weighted by Gasteiger charge is 2.40. The van der Waals surface area contributed by atoms with E-state index < -0.39 is 59.9 Å². The lowest BCUT2D eigenvalue weighted by Crippen LogP contribution is -2.50. The van der Waals surface area contributed by atoms with Crippen molar-refractivity contribution in [3.8, 4) is 69.0 Å². The van der Waals surface area contributed by atoms with E-state index in [0.29, 0.717) is 175 Å². The Morgan fingerprint density at radius 1 is 0.439 bits per heavy atom. The molecule has 0 spiro atoms. The van der Waals surface area contributed by atoms with Crippen molar-refractivity contribution in [3.63, 3.8) is 0 Å². The van der Waals surface area contributed by atoms with E-state index in [2.05, 4.69) is 10.6 Å². The molecule has 25 heteroatoms. The number of amides is 4. The molecule has 0 radical (unpaired) electrons. The van der Waals surface area contributed by atoms with E-state index >= 15 is 0 Å². The van der Waals surface area contributed by atoms with Gasteiger partial charge in [0.15, 0.2) is 59.2 Å². The maximum absolute atomic E-state index is 14.7. The summed E-state index contributed by atoms with van der Waals surface area (Å²) < 4.78 is 81.2. The number of carbonyl (C=O) groups is 6. The number of rotatable bonds is 40. The number of carbonyl (C=O) groups excluding carboxylic acids is 6. The van der Waals surface area contributed by atoms with Crippen LogP contribution in [0.5, 0.6) is 69.0 Å². The van der Waals surface area contributed by atoms with Crippen LogP contribution in [0.4, 0.5) is 0 Å². The Bertz CT molecular complexity index is 3650. The van der Waals surface area contributed by atoms with Crippen LogP contribution in [0.25, 0.3) is 0 Å². The summed E-state index contributed by atoms with van der Waals surface area (Å²) in [5.41, 5.74) is 4.38. The van der Waals surface area contributed by atoms with Gasteiger partial charge in [-0.15, -0.1) is 0 Å². The lowest BCUT2D eigenvalue weighted by atomic mass is 9.91. The zero-order valence-corrected chi connectivity index (χ0v) is 64.4. The van der Waals surface area contributed by atoms with Crippen LogP contribution < -0.4 is 67.5 Å². The molecule has 8 rings (SSSR count). The zero-order valence-electron chi connectivity index (χ0n) is 64.4. The van der Waals surface area contributed by atoms with Crippen molar-refractivity contribution in [1.82, 2.24) is 25.3 Å². The third kappa shape index (κ3) is 21.9. The molecule has 2 aliphatic rings. The van der Waals surface area contributed by atoms with Crippen molar-refractivity contribution in [2.75, 3.05) is 131 Å². The van der Waals surface area contributed by atoms with Crippen LogP contribution in [-0.2, 0) is 51.1 Å². The summed E-state index contributed by atoms with van der Waals surface area (Å²) in [6.45, 7) is 4.79. The quantitative estimate of drug-likeness (QED) is 0.0339. The Morgan fingerprint density at radius 2 is 0.813 bits per heavy atom. The minimum Gasteiger partial charge on any atom is -0.493 e. The molecule has 6 aromatic carbocycles. The summed E-state index contributed by atoms with van der Waals surface area (Å²) in [6, 6.07) is 30.8. The molecule has 6 atom stereocenters. The van der Waals surface area contributed by atoms with Crippen LogP contribution in [0.15, 0.2) is 109 Å². The van der Waals surface area contributed by atoms with Gasteiger partial charge in [-0.2, -0.15) is 0 Å². The standard InChI is InChI=1S/C82H107N5O20/c1-15-61(57-43-71(98-9)77(102-13)72(44-57)99-10)79(90)86-37-19-17-27-63(86)81(92)106-65(33-29-52-31-35-67(94-5)69(39-52)96-7)55-23-21-25-59(41-55)104-50-75(88)83-47-54(49-85(3)4)48-84-76(89)51-105-60-26-22-24-56(42-60)66(34-30-53-32-36-68(95-6)70(40-53)97-8)107-82(93)64-28-18-20-38-87(64)80(91)62(16-2)58-45-73(100-11)78(103-14)74(46-58)101-12/h21-26,31-32,35-36,39-46,54,61-66H,15-20,27-30,33-34,37-38,47-51H2,1-14H3,(H,83,88)(H,84,89)/t54?,61-,62-,63?,64?,65+,66+/m0/s1. The highest BCUT2D eigenvalue weighted by Crippen LogP contribution is 2.44. The number of aryl methyl sites for hydroxylation is 2. The third-order valence-electron chi connectivity index (χ3n) is 19.5.